The first kappa shape index (κ1) is 23.2. The zero-order valence-electron chi connectivity index (χ0n) is 19.6. The zero-order chi connectivity index (χ0) is 24.7. The third-order valence-corrected chi connectivity index (χ3v) is 6.10. The summed E-state index contributed by atoms with van der Waals surface area (Å²) in [6.07, 6.45) is 1.99. The molecule has 2 fully saturated rings. The van der Waals surface area contributed by atoms with Gasteiger partial charge in [0.05, 0.1) is 25.4 Å². The summed E-state index contributed by atoms with van der Waals surface area (Å²) >= 11 is 0. The van der Waals surface area contributed by atoms with Gasteiger partial charge in [0, 0.05) is 31.4 Å². The fraction of sp³-hybridized carbons (Fsp3) is 0.478. The Balaban J connectivity index is 1.33. The van der Waals surface area contributed by atoms with Gasteiger partial charge in [0.2, 0.25) is 0 Å². The minimum Gasteiger partial charge on any atom is -0.491 e. The number of halogens is 1. The van der Waals surface area contributed by atoms with E-state index in [0.717, 1.165) is 7.11 Å². The summed E-state index contributed by atoms with van der Waals surface area (Å²) in [7, 11) is 1.15. The Morgan fingerprint density at radius 2 is 2.17 bits per heavy atom. The minimum absolute atomic E-state index is 0.187. The summed E-state index contributed by atoms with van der Waals surface area (Å²) in [6, 6.07) is 3.82. The molecule has 0 saturated carbocycles. The molecular weight excluding hydrogens is 461 g/mol. The summed E-state index contributed by atoms with van der Waals surface area (Å²) in [5.41, 5.74) is -0.0211. The van der Waals surface area contributed by atoms with Crippen molar-refractivity contribution in [1.82, 2.24) is 9.97 Å². The number of rotatable bonds is 5. The second-order valence-electron chi connectivity index (χ2n) is 8.98. The van der Waals surface area contributed by atoms with Gasteiger partial charge in [-0.2, -0.15) is 0 Å². The molecule has 11 nitrogen and oxygen atoms in total. The number of hydrogen-bond donors (Lipinski definition) is 1. The van der Waals surface area contributed by atoms with Crippen molar-refractivity contribution in [2.45, 2.75) is 38.2 Å². The van der Waals surface area contributed by atoms with E-state index in [0.29, 0.717) is 37.6 Å². The summed E-state index contributed by atoms with van der Waals surface area (Å²) in [4.78, 5) is 37.1. The number of urea groups is 1. The van der Waals surface area contributed by atoms with Crippen molar-refractivity contribution in [2.75, 3.05) is 48.5 Å². The molecule has 1 unspecified atom stereocenters. The van der Waals surface area contributed by atoms with Crippen LogP contribution in [-0.2, 0) is 14.2 Å². The second kappa shape index (κ2) is 8.93. The van der Waals surface area contributed by atoms with Gasteiger partial charge in [-0.05, 0) is 26.3 Å². The number of pyridine rings is 2. The fourth-order valence-electron chi connectivity index (χ4n) is 4.50. The van der Waals surface area contributed by atoms with Gasteiger partial charge in [0.25, 0.3) is 0 Å². The van der Waals surface area contributed by atoms with E-state index in [4.69, 9.17) is 14.2 Å². The predicted molar refractivity (Wildman–Crippen MR) is 122 cm³/mol. The Morgan fingerprint density at radius 3 is 2.91 bits per heavy atom. The molecule has 0 aromatic carbocycles. The van der Waals surface area contributed by atoms with Gasteiger partial charge in [0.15, 0.2) is 23.1 Å². The van der Waals surface area contributed by atoms with Crippen molar-refractivity contribution in [3.8, 4) is 5.75 Å². The highest BCUT2D eigenvalue weighted by molar-refractivity contribution is 6.04. The van der Waals surface area contributed by atoms with Crippen LogP contribution in [-0.4, -0.2) is 73.3 Å². The summed E-state index contributed by atoms with van der Waals surface area (Å²) in [5, 5.41) is 2.77. The van der Waals surface area contributed by atoms with Crippen LogP contribution in [0.5, 0.6) is 5.75 Å². The average molecular weight is 487 g/mol. The monoisotopic (exact) mass is 487 g/mol. The molecule has 2 saturated heterocycles. The van der Waals surface area contributed by atoms with E-state index in [9.17, 15) is 14.0 Å². The van der Waals surface area contributed by atoms with Crippen LogP contribution in [0.1, 0.15) is 30.8 Å². The van der Waals surface area contributed by atoms with E-state index in [-0.39, 0.29) is 30.4 Å². The lowest BCUT2D eigenvalue weighted by Crippen LogP contribution is -2.48. The second-order valence-corrected chi connectivity index (χ2v) is 8.98. The zero-order valence-corrected chi connectivity index (χ0v) is 19.6. The molecule has 5 heterocycles. The number of esters is 1. The SMILES string of the molecule is COC(=O)c1nc2c(cc1F)N1CC[C@@H](C1)N2C(=O)Nc1cc(OCC2COC(C)(C)O2)ccn1. The molecule has 186 valence electrons. The molecule has 2 bridgehead atoms. The van der Waals surface area contributed by atoms with Gasteiger partial charge in [-0.25, -0.2) is 23.9 Å². The number of ether oxygens (including phenoxy) is 4. The minimum atomic E-state index is -0.912. The van der Waals surface area contributed by atoms with Crippen molar-refractivity contribution in [2.24, 2.45) is 0 Å². The van der Waals surface area contributed by atoms with Crippen LogP contribution in [0.2, 0.25) is 0 Å². The van der Waals surface area contributed by atoms with Gasteiger partial charge in [-0.15, -0.1) is 0 Å². The molecule has 12 heteroatoms. The number of nitrogens with zero attached hydrogens (tertiary/aromatic N) is 4. The van der Waals surface area contributed by atoms with Crippen LogP contribution in [0, 0.1) is 5.82 Å². The average Bonchev–Trinajstić information content (AvgIpc) is 3.41. The predicted octanol–water partition coefficient (Wildman–Crippen LogP) is 2.56. The Labute approximate surface area is 201 Å². The van der Waals surface area contributed by atoms with Crippen LogP contribution < -0.4 is 19.9 Å². The van der Waals surface area contributed by atoms with E-state index in [2.05, 4.69) is 20.0 Å². The van der Waals surface area contributed by atoms with Gasteiger partial charge >= 0.3 is 12.0 Å². The standard InChI is InChI=1S/C23H26FN5O6/c1-23(2)34-12-15(35-23)11-33-14-4-6-25-18(8-14)26-22(31)29-13-5-7-28(10-13)17-9-16(24)19(21(30)32-3)27-20(17)29/h4,6,8-9,13,15H,5,7,10-12H2,1-3H3,(H,25,26,31)/t13-,15?/m0/s1. The number of nitrogens with one attached hydrogen (secondary N) is 1. The lowest BCUT2D eigenvalue weighted by atomic mass is 10.1. The number of fused-ring (bicyclic) bond motifs is 4. The van der Waals surface area contributed by atoms with E-state index in [1.165, 1.54) is 17.2 Å². The number of amides is 2. The van der Waals surface area contributed by atoms with E-state index < -0.39 is 29.3 Å². The normalized spacial score (nSPS) is 22.1. The van der Waals surface area contributed by atoms with Gasteiger partial charge in [-0.3, -0.25) is 10.2 Å². The highest BCUT2D eigenvalue weighted by Crippen LogP contribution is 2.40. The van der Waals surface area contributed by atoms with Crippen LogP contribution >= 0.6 is 0 Å². The number of methoxy groups -OCH3 is 1. The van der Waals surface area contributed by atoms with Crippen molar-refractivity contribution < 1.29 is 32.9 Å². The van der Waals surface area contributed by atoms with Crippen LogP contribution in [0.25, 0.3) is 0 Å². The van der Waals surface area contributed by atoms with E-state index in [1.54, 1.807) is 12.1 Å². The molecule has 2 aromatic heterocycles. The molecule has 5 rings (SSSR count). The molecule has 2 atom stereocenters. The van der Waals surface area contributed by atoms with Gasteiger partial charge in [0.1, 0.15) is 24.3 Å². The molecule has 35 heavy (non-hydrogen) atoms. The molecule has 2 aromatic rings. The number of hydrogen-bond acceptors (Lipinski definition) is 9. The largest absolute Gasteiger partial charge is 0.491 e. The molecule has 0 spiro atoms. The molecule has 0 radical (unpaired) electrons. The van der Waals surface area contributed by atoms with Crippen molar-refractivity contribution in [3.63, 3.8) is 0 Å². The summed E-state index contributed by atoms with van der Waals surface area (Å²) < 4.78 is 36.3. The Bertz CT molecular complexity index is 1160. The molecule has 1 N–H and O–H groups in total. The lowest BCUT2D eigenvalue weighted by Gasteiger charge is -2.35. The van der Waals surface area contributed by atoms with E-state index in [1.807, 2.05) is 18.7 Å². The maximum Gasteiger partial charge on any atom is 0.359 e. The maximum absolute atomic E-state index is 14.5. The first-order valence-corrected chi connectivity index (χ1v) is 11.3. The number of carbonyl (C=O) groups is 2. The molecular formula is C23H26FN5O6. The van der Waals surface area contributed by atoms with Crippen molar-refractivity contribution >= 4 is 29.3 Å². The van der Waals surface area contributed by atoms with Crippen molar-refractivity contribution in [3.05, 3.63) is 35.9 Å². The molecule has 3 aliphatic heterocycles. The Hall–Kier alpha value is -3.51. The molecule has 3 aliphatic rings. The third-order valence-electron chi connectivity index (χ3n) is 6.10. The van der Waals surface area contributed by atoms with Gasteiger partial charge < -0.3 is 23.8 Å². The maximum atomic E-state index is 14.5. The first-order chi connectivity index (χ1) is 16.7. The van der Waals surface area contributed by atoms with Crippen LogP contribution in [0.15, 0.2) is 24.4 Å². The number of carbonyl (C=O) groups excluding carboxylic acids is 2. The topological polar surface area (TPSA) is 115 Å². The number of anilines is 3. The summed E-state index contributed by atoms with van der Waals surface area (Å²) in [6.45, 7) is 5.57. The Morgan fingerprint density at radius 1 is 1.34 bits per heavy atom. The van der Waals surface area contributed by atoms with Crippen LogP contribution in [0.4, 0.5) is 26.5 Å². The first-order valence-electron chi connectivity index (χ1n) is 11.3. The third kappa shape index (κ3) is 4.58. The Kier molecular flexibility index (Phi) is 5.93. The summed E-state index contributed by atoms with van der Waals surface area (Å²) in [5.74, 6) is -1.38. The molecule has 0 aliphatic carbocycles. The lowest BCUT2D eigenvalue weighted by molar-refractivity contribution is -0.141. The number of aromatic nitrogens is 2. The quantitative estimate of drug-likeness (QED) is 0.636. The van der Waals surface area contributed by atoms with E-state index >= 15 is 0 Å². The molecule has 2 amide bonds. The smallest absolute Gasteiger partial charge is 0.359 e. The van der Waals surface area contributed by atoms with Crippen molar-refractivity contribution in [1.29, 1.82) is 0 Å². The van der Waals surface area contributed by atoms with Gasteiger partial charge in [-0.1, -0.05) is 0 Å². The van der Waals surface area contributed by atoms with Crippen LogP contribution in [0.3, 0.4) is 0 Å². The highest BCUT2D eigenvalue weighted by Gasteiger charge is 2.41. The highest BCUT2D eigenvalue weighted by atomic mass is 19.1. The fourth-order valence-corrected chi connectivity index (χ4v) is 4.50.